The van der Waals surface area contributed by atoms with Crippen LogP contribution in [0.5, 0.6) is 0 Å². The van der Waals surface area contributed by atoms with Crippen molar-refractivity contribution < 1.29 is 9.53 Å². The van der Waals surface area contributed by atoms with Gasteiger partial charge in [-0.25, -0.2) is 4.98 Å². The first-order valence-corrected chi connectivity index (χ1v) is 5.28. The summed E-state index contributed by atoms with van der Waals surface area (Å²) in [6.07, 6.45) is 3.81. The molecular weight excluding hydrogens is 194 g/mol. The van der Waals surface area contributed by atoms with Gasteiger partial charge >= 0.3 is 0 Å². The highest BCUT2D eigenvalue weighted by Gasteiger charge is 2.27. The summed E-state index contributed by atoms with van der Waals surface area (Å²) in [6.45, 7) is 2.23. The maximum absolute atomic E-state index is 11.3. The molecule has 1 fully saturated rings. The fraction of sp³-hybridized carbons (Fsp3) is 0.600. The van der Waals surface area contributed by atoms with Crippen molar-refractivity contribution in [2.24, 2.45) is 0 Å². The van der Waals surface area contributed by atoms with E-state index in [0.29, 0.717) is 18.3 Å². The summed E-state index contributed by atoms with van der Waals surface area (Å²) < 4.78 is 7.46. The Kier molecular flexibility index (Phi) is 1.98. The lowest BCUT2D eigenvalue weighted by atomic mass is 10.1. The van der Waals surface area contributed by atoms with Gasteiger partial charge in [0, 0.05) is 19.3 Å². The zero-order chi connectivity index (χ0) is 10.3. The standard InChI is InChI=1S/C10H13N3O2/c14-10-9-8(5-11-10)13(6-12-9)7-1-3-15-4-2-7/h6-7H,1-5H2,(H,11,14). The van der Waals surface area contributed by atoms with Crippen molar-refractivity contribution in [2.45, 2.75) is 25.4 Å². The highest BCUT2D eigenvalue weighted by Crippen LogP contribution is 2.25. The second-order valence-corrected chi connectivity index (χ2v) is 3.97. The van der Waals surface area contributed by atoms with E-state index >= 15 is 0 Å². The van der Waals surface area contributed by atoms with Crippen molar-refractivity contribution in [3.63, 3.8) is 0 Å². The van der Waals surface area contributed by atoms with Gasteiger partial charge in [0.05, 0.1) is 18.6 Å². The number of hydrogen-bond donors (Lipinski definition) is 1. The lowest BCUT2D eigenvalue weighted by Crippen LogP contribution is -2.21. The van der Waals surface area contributed by atoms with E-state index < -0.39 is 0 Å². The Bertz CT molecular complexity index is 393. The van der Waals surface area contributed by atoms with Crippen LogP contribution in [0.4, 0.5) is 0 Å². The molecule has 0 aliphatic carbocycles. The third kappa shape index (κ3) is 1.34. The van der Waals surface area contributed by atoms with Crippen molar-refractivity contribution in [3.8, 4) is 0 Å². The van der Waals surface area contributed by atoms with Crippen molar-refractivity contribution in [2.75, 3.05) is 13.2 Å². The van der Waals surface area contributed by atoms with Gasteiger partial charge in [-0.3, -0.25) is 4.79 Å². The first kappa shape index (κ1) is 8.91. The van der Waals surface area contributed by atoms with Crippen LogP contribution in [0.25, 0.3) is 0 Å². The molecule has 1 N–H and O–H groups in total. The smallest absolute Gasteiger partial charge is 0.272 e. The zero-order valence-corrected chi connectivity index (χ0v) is 8.40. The number of rotatable bonds is 1. The van der Waals surface area contributed by atoms with E-state index in [4.69, 9.17) is 4.74 Å². The second-order valence-electron chi connectivity index (χ2n) is 3.97. The topological polar surface area (TPSA) is 56.2 Å². The third-order valence-corrected chi connectivity index (χ3v) is 3.11. The lowest BCUT2D eigenvalue weighted by molar-refractivity contribution is 0.0688. The van der Waals surface area contributed by atoms with E-state index in [1.165, 1.54) is 0 Å². The number of carbonyl (C=O) groups is 1. The summed E-state index contributed by atoms with van der Waals surface area (Å²) >= 11 is 0. The summed E-state index contributed by atoms with van der Waals surface area (Å²) in [4.78, 5) is 15.5. The van der Waals surface area contributed by atoms with E-state index in [9.17, 15) is 4.79 Å². The number of imidazole rings is 1. The number of nitrogens with one attached hydrogen (secondary N) is 1. The molecule has 3 rings (SSSR count). The minimum absolute atomic E-state index is 0.0455. The number of amides is 1. The van der Waals surface area contributed by atoms with Crippen LogP contribution in [0, 0.1) is 0 Å². The van der Waals surface area contributed by atoms with E-state index in [-0.39, 0.29) is 5.91 Å². The maximum atomic E-state index is 11.3. The molecule has 1 aromatic heterocycles. The summed E-state index contributed by atoms with van der Waals surface area (Å²) in [5.41, 5.74) is 1.63. The van der Waals surface area contributed by atoms with Gasteiger partial charge in [0.25, 0.3) is 5.91 Å². The Morgan fingerprint density at radius 2 is 2.27 bits per heavy atom. The monoisotopic (exact) mass is 207 g/mol. The van der Waals surface area contributed by atoms with E-state index in [1.54, 1.807) is 6.33 Å². The molecule has 5 nitrogen and oxygen atoms in total. The molecule has 3 heterocycles. The molecule has 0 unspecified atom stereocenters. The summed E-state index contributed by atoms with van der Waals surface area (Å²) in [5, 5.41) is 2.79. The predicted molar refractivity (Wildman–Crippen MR) is 52.5 cm³/mol. The van der Waals surface area contributed by atoms with Crippen molar-refractivity contribution >= 4 is 5.91 Å². The molecule has 0 aromatic carbocycles. The number of carbonyl (C=O) groups excluding carboxylic acids is 1. The molecule has 80 valence electrons. The maximum Gasteiger partial charge on any atom is 0.272 e. The Hall–Kier alpha value is -1.36. The van der Waals surface area contributed by atoms with Gasteiger partial charge in [0.15, 0.2) is 5.69 Å². The van der Waals surface area contributed by atoms with Crippen molar-refractivity contribution in [1.29, 1.82) is 0 Å². The van der Waals surface area contributed by atoms with Crippen molar-refractivity contribution in [3.05, 3.63) is 17.7 Å². The molecule has 0 spiro atoms. The molecule has 0 saturated carbocycles. The third-order valence-electron chi connectivity index (χ3n) is 3.11. The van der Waals surface area contributed by atoms with Gasteiger partial charge in [-0.15, -0.1) is 0 Å². The zero-order valence-electron chi connectivity index (χ0n) is 8.40. The summed E-state index contributed by atoms with van der Waals surface area (Å²) in [6, 6.07) is 0.447. The Morgan fingerprint density at radius 3 is 3.07 bits per heavy atom. The molecule has 1 saturated heterocycles. The molecule has 1 amide bonds. The number of ether oxygens (including phenoxy) is 1. The van der Waals surface area contributed by atoms with Gasteiger partial charge in [-0.1, -0.05) is 0 Å². The van der Waals surface area contributed by atoms with Gasteiger partial charge in [-0.05, 0) is 12.8 Å². The first-order valence-electron chi connectivity index (χ1n) is 5.28. The number of hydrogen-bond acceptors (Lipinski definition) is 3. The molecule has 0 radical (unpaired) electrons. The van der Waals surface area contributed by atoms with Crippen LogP contribution in [-0.2, 0) is 11.3 Å². The minimum atomic E-state index is -0.0455. The van der Waals surface area contributed by atoms with E-state index in [0.717, 1.165) is 31.7 Å². The van der Waals surface area contributed by atoms with Crippen LogP contribution in [0.1, 0.15) is 35.1 Å². The largest absolute Gasteiger partial charge is 0.381 e. The molecule has 5 heteroatoms. The van der Waals surface area contributed by atoms with Crippen LogP contribution in [-0.4, -0.2) is 28.7 Å². The van der Waals surface area contributed by atoms with Crippen LogP contribution < -0.4 is 5.32 Å². The Balaban J connectivity index is 1.92. The molecule has 2 aliphatic rings. The average Bonchev–Trinajstić information content (AvgIpc) is 2.83. The average molecular weight is 207 g/mol. The molecular formula is C10H13N3O2. The van der Waals surface area contributed by atoms with Gasteiger partial charge in [0.2, 0.25) is 0 Å². The van der Waals surface area contributed by atoms with Gasteiger partial charge in [0.1, 0.15) is 0 Å². The Morgan fingerprint density at radius 1 is 1.47 bits per heavy atom. The molecule has 0 bridgehead atoms. The van der Waals surface area contributed by atoms with E-state index in [2.05, 4.69) is 14.9 Å². The number of fused-ring (bicyclic) bond motifs is 1. The number of aromatic nitrogens is 2. The lowest BCUT2D eigenvalue weighted by Gasteiger charge is -2.24. The predicted octanol–water partition coefficient (Wildman–Crippen LogP) is 0.478. The van der Waals surface area contributed by atoms with Crippen LogP contribution >= 0.6 is 0 Å². The van der Waals surface area contributed by atoms with Crippen LogP contribution in [0.2, 0.25) is 0 Å². The quantitative estimate of drug-likeness (QED) is 0.728. The second kappa shape index (κ2) is 3.34. The summed E-state index contributed by atoms with van der Waals surface area (Å²) in [5.74, 6) is -0.0455. The van der Waals surface area contributed by atoms with Crippen molar-refractivity contribution in [1.82, 2.24) is 14.9 Å². The van der Waals surface area contributed by atoms with Crippen LogP contribution in [0.15, 0.2) is 6.33 Å². The Labute approximate surface area is 87.4 Å². The summed E-state index contributed by atoms with van der Waals surface area (Å²) in [7, 11) is 0. The molecule has 2 aliphatic heterocycles. The number of nitrogens with zero attached hydrogens (tertiary/aromatic N) is 2. The van der Waals surface area contributed by atoms with E-state index in [1.807, 2.05) is 0 Å². The molecule has 1 aromatic rings. The van der Waals surface area contributed by atoms with Gasteiger partial charge in [-0.2, -0.15) is 0 Å². The normalized spacial score (nSPS) is 21.5. The highest BCUT2D eigenvalue weighted by atomic mass is 16.5. The molecule has 15 heavy (non-hydrogen) atoms. The minimum Gasteiger partial charge on any atom is -0.381 e. The first-order chi connectivity index (χ1) is 7.36. The van der Waals surface area contributed by atoms with Crippen LogP contribution in [0.3, 0.4) is 0 Å². The fourth-order valence-electron chi connectivity index (χ4n) is 2.28. The van der Waals surface area contributed by atoms with Gasteiger partial charge < -0.3 is 14.6 Å². The molecule has 0 atom stereocenters. The SMILES string of the molecule is O=C1NCc2c1ncn2C1CCOCC1. The highest BCUT2D eigenvalue weighted by molar-refractivity contribution is 5.95. The fourth-order valence-corrected chi connectivity index (χ4v) is 2.28.